The molecule has 5 heteroatoms. The van der Waals surface area contributed by atoms with Crippen LogP contribution in [-0.2, 0) is 34.1 Å². The van der Waals surface area contributed by atoms with Crippen LogP contribution in [0.3, 0.4) is 0 Å². The van der Waals surface area contributed by atoms with Crippen LogP contribution in [0.2, 0.25) is 0 Å². The summed E-state index contributed by atoms with van der Waals surface area (Å²) in [7, 11) is 2.27. The number of anilines is 9. The van der Waals surface area contributed by atoms with Gasteiger partial charge in [-0.1, -0.05) is 189 Å². The first kappa shape index (κ1) is 49.2. The number of hydrogen-bond acceptors (Lipinski definition) is 3. The van der Waals surface area contributed by atoms with Gasteiger partial charge in [0, 0.05) is 63.1 Å². The Labute approximate surface area is 442 Å². The number of benzene rings is 8. The predicted molar refractivity (Wildman–Crippen MR) is 323 cm³/mol. The predicted octanol–water partition coefficient (Wildman–Crippen LogP) is 17.4. The highest BCUT2D eigenvalue weighted by atomic mass is 15.2. The number of para-hydroxylation sites is 1. The molecule has 374 valence electrons. The van der Waals surface area contributed by atoms with Gasteiger partial charge in [0.2, 0.25) is 0 Å². The summed E-state index contributed by atoms with van der Waals surface area (Å²) in [6, 6.07) is 63.5. The van der Waals surface area contributed by atoms with E-state index in [1.165, 1.54) is 88.8 Å². The molecule has 0 saturated carbocycles. The van der Waals surface area contributed by atoms with Crippen molar-refractivity contribution in [1.82, 2.24) is 4.57 Å². The van der Waals surface area contributed by atoms with Crippen LogP contribution < -0.4 is 31.1 Å². The first-order valence-electron chi connectivity index (χ1n) is 26.9. The Morgan fingerprint density at radius 2 is 0.824 bits per heavy atom. The quantitative estimate of drug-likeness (QED) is 0.160. The standard InChI is InChI=1S/C69H75BN4/c1-65(2,3)44-24-33-49(34-25-44)72(50-35-26-45(27-36-50)66(4,5)6)60-43-55-63(61-53-20-17-18-21-56(53)71(16)64(60)61)74(52-39-30-47(31-40-52)68(10,11)12)59-23-19-22-58-62(59)70(55)54-42-48(69(13,14)15)32-41-57(54)73(58)51-37-28-46(29-38-51)67(7,8)9/h17-43H,1-16H3. The molecule has 2 aliphatic heterocycles. The highest BCUT2D eigenvalue weighted by molar-refractivity contribution is 7.00. The third-order valence-electron chi connectivity index (χ3n) is 16.2. The summed E-state index contributed by atoms with van der Waals surface area (Å²) in [6.45, 7) is 34.6. The molecular weight excluding hydrogens is 896 g/mol. The van der Waals surface area contributed by atoms with E-state index in [0.717, 1.165) is 28.4 Å². The van der Waals surface area contributed by atoms with Gasteiger partial charge in [0.05, 0.1) is 16.9 Å². The van der Waals surface area contributed by atoms with Crippen molar-refractivity contribution >= 4 is 96.1 Å². The van der Waals surface area contributed by atoms with Crippen LogP contribution in [0, 0.1) is 0 Å². The van der Waals surface area contributed by atoms with Gasteiger partial charge >= 0.3 is 0 Å². The molecule has 0 fully saturated rings. The average Bonchev–Trinajstić information content (AvgIpc) is 3.70. The van der Waals surface area contributed by atoms with E-state index in [2.05, 4.69) is 294 Å². The second kappa shape index (κ2) is 17.0. The van der Waals surface area contributed by atoms with Gasteiger partial charge in [-0.25, -0.2) is 0 Å². The number of aromatic nitrogens is 1. The number of hydrogen-bond donors (Lipinski definition) is 0. The Morgan fingerprint density at radius 1 is 0.392 bits per heavy atom. The zero-order valence-electron chi connectivity index (χ0n) is 47.0. The van der Waals surface area contributed by atoms with Crippen molar-refractivity contribution in [3.8, 4) is 0 Å². The summed E-state index contributed by atoms with van der Waals surface area (Å²) in [6.07, 6.45) is 0. The molecular formula is C69H75BN4. The second-order valence-corrected chi connectivity index (χ2v) is 26.5. The van der Waals surface area contributed by atoms with Gasteiger partial charge in [-0.05, 0) is 150 Å². The topological polar surface area (TPSA) is 14.7 Å². The van der Waals surface area contributed by atoms with Crippen molar-refractivity contribution < 1.29 is 0 Å². The highest BCUT2D eigenvalue weighted by Crippen LogP contribution is 2.52. The van der Waals surface area contributed by atoms with Gasteiger partial charge in [-0.2, -0.15) is 0 Å². The van der Waals surface area contributed by atoms with Gasteiger partial charge in [-0.3, -0.25) is 0 Å². The number of aryl methyl sites for hydroxylation is 1. The smallest absolute Gasteiger partial charge is 0.252 e. The van der Waals surface area contributed by atoms with Crippen molar-refractivity contribution in [3.63, 3.8) is 0 Å². The molecule has 0 atom stereocenters. The molecule has 2 aliphatic rings. The average molecular weight is 971 g/mol. The first-order valence-corrected chi connectivity index (χ1v) is 26.9. The van der Waals surface area contributed by atoms with Crippen molar-refractivity contribution in [1.29, 1.82) is 0 Å². The normalized spacial score (nSPS) is 13.9. The minimum atomic E-state index is -0.0980. The third-order valence-corrected chi connectivity index (χ3v) is 16.2. The SMILES string of the molecule is Cn1c2ccccc2c2c3c(cc(N(c4ccc(C(C)(C)C)cc4)c4ccc(C(C)(C)C)cc4)c21)B1c2cc(C(C)(C)C)ccc2N(c2ccc(C(C)(C)C)cc2)c2cccc(c21)N3c1ccc(C(C)(C)C)cc1. The zero-order valence-corrected chi connectivity index (χ0v) is 47.0. The molecule has 0 unspecified atom stereocenters. The molecule has 0 amide bonds. The zero-order chi connectivity index (χ0) is 52.6. The molecule has 3 heterocycles. The van der Waals surface area contributed by atoms with Gasteiger partial charge in [-0.15, -0.1) is 0 Å². The Bertz CT molecular complexity index is 3560. The van der Waals surface area contributed by atoms with E-state index >= 15 is 0 Å². The Balaban J connectivity index is 1.30. The van der Waals surface area contributed by atoms with Crippen molar-refractivity contribution in [2.75, 3.05) is 14.7 Å². The summed E-state index contributed by atoms with van der Waals surface area (Å²) in [5.74, 6) is 0. The summed E-state index contributed by atoms with van der Waals surface area (Å²) in [5.41, 5.74) is 23.5. The highest BCUT2D eigenvalue weighted by Gasteiger charge is 2.46. The lowest BCUT2D eigenvalue weighted by molar-refractivity contribution is 0.590. The summed E-state index contributed by atoms with van der Waals surface area (Å²) >= 11 is 0. The third kappa shape index (κ3) is 8.13. The van der Waals surface area contributed by atoms with E-state index in [1.807, 2.05) is 0 Å². The molecule has 11 rings (SSSR count). The molecule has 74 heavy (non-hydrogen) atoms. The minimum Gasteiger partial charge on any atom is -0.342 e. The lowest BCUT2D eigenvalue weighted by atomic mass is 9.33. The maximum atomic E-state index is 2.62. The Kier molecular flexibility index (Phi) is 11.3. The fourth-order valence-corrected chi connectivity index (χ4v) is 11.8. The van der Waals surface area contributed by atoms with E-state index in [1.54, 1.807) is 0 Å². The number of rotatable bonds is 5. The van der Waals surface area contributed by atoms with Gasteiger partial charge in [0.25, 0.3) is 6.71 Å². The number of nitrogens with zero attached hydrogens (tertiary/aromatic N) is 4. The van der Waals surface area contributed by atoms with E-state index < -0.39 is 0 Å². The van der Waals surface area contributed by atoms with Crippen molar-refractivity contribution in [2.45, 2.75) is 131 Å². The van der Waals surface area contributed by atoms with Crippen molar-refractivity contribution in [3.05, 3.63) is 192 Å². The molecule has 9 aromatic rings. The second-order valence-electron chi connectivity index (χ2n) is 26.5. The van der Waals surface area contributed by atoms with Gasteiger partial charge < -0.3 is 19.3 Å². The summed E-state index contributed by atoms with van der Waals surface area (Å²) in [5, 5.41) is 2.49. The van der Waals surface area contributed by atoms with E-state index in [4.69, 9.17) is 0 Å². The van der Waals surface area contributed by atoms with Gasteiger partial charge in [0.1, 0.15) is 0 Å². The van der Waals surface area contributed by atoms with Crippen molar-refractivity contribution in [2.24, 2.45) is 7.05 Å². The molecule has 0 bridgehead atoms. The van der Waals surface area contributed by atoms with Crippen LogP contribution in [0.15, 0.2) is 164 Å². The fourth-order valence-electron chi connectivity index (χ4n) is 11.8. The van der Waals surface area contributed by atoms with Crippen LogP contribution in [0.5, 0.6) is 0 Å². The lowest BCUT2D eigenvalue weighted by Crippen LogP contribution is -2.61. The maximum absolute atomic E-state index is 2.62. The molecule has 4 nitrogen and oxygen atoms in total. The van der Waals surface area contributed by atoms with Crippen LogP contribution in [0.25, 0.3) is 21.8 Å². The maximum Gasteiger partial charge on any atom is 0.252 e. The van der Waals surface area contributed by atoms with Crippen LogP contribution in [-0.4, -0.2) is 11.3 Å². The van der Waals surface area contributed by atoms with E-state index in [9.17, 15) is 0 Å². The Hall–Kier alpha value is -6.98. The van der Waals surface area contributed by atoms with E-state index in [0.29, 0.717) is 0 Å². The van der Waals surface area contributed by atoms with Gasteiger partial charge in [0.15, 0.2) is 0 Å². The Morgan fingerprint density at radius 3 is 1.31 bits per heavy atom. The molecule has 0 saturated heterocycles. The summed E-state index contributed by atoms with van der Waals surface area (Å²) < 4.78 is 2.46. The summed E-state index contributed by atoms with van der Waals surface area (Å²) in [4.78, 5) is 7.71. The monoisotopic (exact) mass is 971 g/mol. The van der Waals surface area contributed by atoms with Crippen LogP contribution in [0.4, 0.5) is 51.2 Å². The lowest BCUT2D eigenvalue weighted by Gasteiger charge is -2.45. The molecule has 1 aromatic heterocycles. The minimum absolute atomic E-state index is 0.00425. The molecule has 8 aromatic carbocycles. The molecule has 0 spiro atoms. The van der Waals surface area contributed by atoms with E-state index in [-0.39, 0.29) is 33.8 Å². The first-order chi connectivity index (χ1) is 34.8. The fraction of sp³-hybridized carbons (Fsp3) is 0.304. The number of fused-ring (bicyclic) bond motifs is 8. The molecule has 0 aliphatic carbocycles. The molecule has 0 N–H and O–H groups in total. The largest absolute Gasteiger partial charge is 0.342 e. The van der Waals surface area contributed by atoms with Crippen LogP contribution in [0.1, 0.15) is 132 Å². The van der Waals surface area contributed by atoms with Crippen LogP contribution >= 0.6 is 0 Å². The molecule has 0 radical (unpaired) electrons.